The quantitative estimate of drug-likeness (QED) is 0.737. The molecule has 0 aromatic heterocycles. The van der Waals surface area contributed by atoms with Crippen LogP contribution in [0, 0.1) is 5.92 Å². The van der Waals surface area contributed by atoms with Crippen LogP contribution in [0.5, 0.6) is 0 Å². The highest BCUT2D eigenvalue weighted by Crippen LogP contribution is 2.27. The van der Waals surface area contributed by atoms with Gasteiger partial charge in [0.25, 0.3) is 0 Å². The largest absolute Gasteiger partial charge is 0.354 e. The fourth-order valence-corrected chi connectivity index (χ4v) is 3.30. The maximum absolute atomic E-state index is 11.1. The zero-order chi connectivity index (χ0) is 12.1. The Morgan fingerprint density at radius 2 is 2.12 bits per heavy atom. The minimum absolute atomic E-state index is 0.208. The predicted octanol–water partition coefficient (Wildman–Crippen LogP) is 2.21. The van der Waals surface area contributed by atoms with Gasteiger partial charge in [0.1, 0.15) is 0 Å². The summed E-state index contributed by atoms with van der Waals surface area (Å²) in [5, 5.41) is 6.57. The van der Waals surface area contributed by atoms with Crippen LogP contribution in [0.4, 0.5) is 0 Å². The summed E-state index contributed by atoms with van der Waals surface area (Å²) in [6, 6.07) is 1.03. The molecule has 2 aliphatic rings. The normalized spacial score (nSPS) is 34.4. The summed E-state index contributed by atoms with van der Waals surface area (Å²) < 4.78 is 0. The highest BCUT2D eigenvalue weighted by atomic mass is 16.1. The first-order valence-electron chi connectivity index (χ1n) is 7.30. The Labute approximate surface area is 105 Å². The Bertz CT molecular complexity index is 255. The summed E-state index contributed by atoms with van der Waals surface area (Å²) in [6.07, 6.45) is 10.1. The van der Waals surface area contributed by atoms with Crippen molar-refractivity contribution in [2.75, 3.05) is 6.54 Å². The minimum atomic E-state index is 0.208. The molecule has 1 saturated heterocycles. The van der Waals surface area contributed by atoms with E-state index in [1.165, 1.54) is 44.9 Å². The van der Waals surface area contributed by atoms with E-state index < -0.39 is 0 Å². The lowest BCUT2D eigenvalue weighted by molar-refractivity contribution is -0.119. The summed E-state index contributed by atoms with van der Waals surface area (Å²) in [7, 11) is 0. The van der Waals surface area contributed by atoms with Crippen LogP contribution in [0.1, 0.15) is 58.3 Å². The Morgan fingerprint density at radius 3 is 2.82 bits per heavy atom. The van der Waals surface area contributed by atoms with E-state index in [2.05, 4.69) is 17.6 Å². The molecular weight excluding hydrogens is 212 g/mol. The third-order valence-corrected chi connectivity index (χ3v) is 4.23. The van der Waals surface area contributed by atoms with Crippen LogP contribution in [-0.4, -0.2) is 24.5 Å². The maximum Gasteiger partial charge on any atom is 0.221 e. The highest BCUT2D eigenvalue weighted by molar-refractivity contribution is 5.78. The maximum atomic E-state index is 11.1. The van der Waals surface area contributed by atoms with E-state index in [0.29, 0.717) is 18.5 Å². The van der Waals surface area contributed by atoms with E-state index in [-0.39, 0.29) is 5.91 Å². The van der Waals surface area contributed by atoms with Crippen molar-refractivity contribution in [1.82, 2.24) is 10.6 Å². The predicted molar refractivity (Wildman–Crippen MR) is 69.8 cm³/mol. The third-order valence-electron chi connectivity index (χ3n) is 4.23. The number of rotatable bonds is 4. The van der Waals surface area contributed by atoms with Gasteiger partial charge >= 0.3 is 0 Å². The molecule has 17 heavy (non-hydrogen) atoms. The number of carbonyl (C=O) groups is 1. The van der Waals surface area contributed by atoms with Crippen LogP contribution >= 0.6 is 0 Å². The van der Waals surface area contributed by atoms with E-state index in [1.54, 1.807) is 0 Å². The summed E-state index contributed by atoms with van der Waals surface area (Å²) in [5.74, 6) is 1.16. The molecule has 0 bridgehead atoms. The number of hydrogen-bond donors (Lipinski definition) is 2. The van der Waals surface area contributed by atoms with Crippen molar-refractivity contribution in [2.45, 2.75) is 70.4 Å². The summed E-state index contributed by atoms with van der Waals surface area (Å²) in [4.78, 5) is 11.1. The van der Waals surface area contributed by atoms with Gasteiger partial charge in [-0.2, -0.15) is 0 Å². The van der Waals surface area contributed by atoms with Crippen LogP contribution in [0.15, 0.2) is 0 Å². The number of nitrogens with one attached hydrogen (secondary N) is 2. The molecule has 3 heteroatoms. The topological polar surface area (TPSA) is 41.1 Å². The molecule has 2 N–H and O–H groups in total. The first-order valence-corrected chi connectivity index (χ1v) is 7.30. The van der Waals surface area contributed by atoms with Crippen molar-refractivity contribution < 1.29 is 4.79 Å². The van der Waals surface area contributed by atoms with Crippen molar-refractivity contribution in [3.8, 4) is 0 Å². The van der Waals surface area contributed by atoms with Gasteiger partial charge in [-0.25, -0.2) is 0 Å². The standard InChI is InChI=1S/C14H26N2O/c1-2-4-11-5-3-6-12(8-7-11)16-13-9-14(17)15-10-13/h11-13,16H,2-10H2,1H3,(H,15,17). The zero-order valence-electron chi connectivity index (χ0n) is 11.0. The molecule has 1 amide bonds. The minimum Gasteiger partial charge on any atom is -0.354 e. The summed E-state index contributed by atoms with van der Waals surface area (Å²) >= 11 is 0. The second-order valence-corrected chi connectivity index (χ2v) is 5.73. The molecule has 3 unspecified atom stereocenters. The number of carbonyl (C=O) groups excluding carboxylic acids is 1. The smallest absolute Gasteiger partial charge is 0.221 e. The molecule has 0 aromatic carbocycles. The molecular formula is C14H26N2O. The van der Waals surface area contributed by atoms with Gasteiger partial charge in [0, 0.05) is 25.0 Å². The number of hydrogen-bond acceptors (Lipinski definition) is 2. The fraction of sp³-hybridized carbons (Fsp3) is 0.929. The van der Waals surface area contributed by atoms with Gasteiger partial charge in [0.2, 0.25) is 5.91 Å². The van der Waals surface area contributed by atoms with Crippen LogP contribution in [0.3, 0.4) is 0 Å². The average molecular weight is 238 g/mol. The van der Waals surface area contributed by atoms with Crippen molar-refractivity contribution in [3.05, 3.63) is 0 Å². The Hall–Kier alpha value is -0.570. The second kappa shape index (κ2) is 6.39. The monoisotopic (exact) mass is 238 g/mol. The van der Waals surface area contributed by atoms with Gasteiger partial charge in [-0.3, -0.25) is 4.79 Å². The lowest BCUT2D eigenvalue weighted by atomic mass is 9.95. The molecule has 2 fully saturated rings. The van der Waals surface area contributed by atoms with E-state index in [0.717, 1.165) is 12.5 Å². The van der Waals surface area contributed by atoms with Crippen molar-refractivity contribution >= 4 is 5.91 Å². The lowest BCUT2D eigenvalue weighted by Crippen LogP contribution is -2.39. The Balaban J connectivity index is 1.73. The van der Waals surface area contributed by atoms with Gasteiger partial charge in [-0.05, 0) is 25.2 Å². The van der Waals surface area contributed by atoms with Crippen molar-refractivity contribution in [2.24, 2.45) is 5.92 Å². The molecule has 2 rings (SSSR count). The molecule has 1 aliphatic heterocycles. The molecule has 1 saturated carbocycles. The first-order chi connectivity index (χ1) is 8.28. The van der Waals surface area contributed by atoms with E-state index >= 15 is 0 Å². The fourth-order valence-electron chi connectivity index (χ4n) is 3.30. The molecule has 98 valence electrons. The SMILES string of the molecule is CCCC1CCCC(NC2CNC(=O)C2)CC1. The molecule has 1 heterocycles. The van der Waals surface area contributed by atoms with Gasteiger partial charge in [-0.15, -0.1) is 0 Å². The van der Waals surface area contributed by atoms with Gasteiger partial charge in [-0.1, -0.05) is 32.6 Å². The van der Waals surface area contributed by atoms with Crippen molar-refractivity contribution in [1.29, 1.82) is 0 Å². The zero-order valence-corrected chi connectivity index (χ0v) is 11.0. The Morgan fingerprint density at radius 1 is 1.24 bits per heavy atom. The van der Waals surface area contributed by atoms with Crippen LogP contribution in [0.25, 0.3) is 0 Å². The highest BCUT2D eigenvalue weighted by Gasteiger charge is 2.25. The molecule has 0 aromatic rings. The van der Waals surface area contributed by atoms with Gasteiger partial charge in [0.15, 0.2) is 0 Å². The van der Waals surface area contributed by atoms with Gasteiger partial charge < -0.3 is 10.6 Å². The van der Waals surface area contributed by atoms with E-state index in [9.17, 15) is 4.79 Å². The molecule has 3 nitrogen and oxygen atoms in total. The third kappa shape index (κ3) is 3.98. The summed E-state index contributed by atoms with van der Waals surface area (Å²) in [6.45, 7) is 3.12. The van der Waals surface area contributed by atoms with Crippen molar-refractivity contribution in [3.63, 3.8) is 0 Å². The molecule has 1 aliphatic carbocycles. The van der Waals surface area contributed by atoms with Crippen LogP contribution < -0.4 is 10.6 Å². The second-order valence-electron chi connectivity index (χ2n) is 5.73. The lowest BCUT2D eigenvalue weighted by Gasteiger charge is -2.20. The Kier molecular flexibility index (Phi) is 4.84. The first kappa shape index (κ1) is 12.9. The van der Waals surface area contributed by atoms with Gasteiger partial charge in [0.05, 0.1) is 0 Å². The average Bonchev–Trinajstić information content (AvgIpc) is 2.58. The van der Waals surface area contributed by atoms with Crippen LogP contribution in [0.2, 0.25) is 0 Å². The number of amides is 1. The molecule has 0 radical (unpaired) electrons. The molecule has 0 spiro atoms. The van der Waals surface area contributed by atoms with Crippen LogP contribution in [-0.2, 0) is 4.79 Å². The van der Waals surface area contributed by atoms with E-state index in [1.807, 2.05) is 0 Å². The summed E-state index contributed by atoms with van der Waals surface area (Å²) in [5.41, 5.74) is 0. The van der Waals surface area contributed by atoms with E-state index in [4.69, 9.17) is 0 Å². The molecule has 3 atom stereocenters.